The summed E-state index contributed by atoms with van der Waals surface area (Å²) in [5, 5.41) is 0. The van der Waals surface area contributed by atoms with Gasteiger partial charge in [0, 0.05) is 12.1 Å². The highest BCUT2D eigenvalue weighted by Gasteiger charge is 2.12. The van der Waals surface area contributed by atoms with Crippen molar-refractivity contribution in [1.29, 1.82) is 0 Å². The van der Waals surface area contributed by atoms with Crippen LogP contribution in [0.1, 0.15) is 22.6 Å². The van der Waals surface area contributed by atoms with E-state index in [-0.39, 0.29) is 0 Å². The standard InChI is InChI=1S/C14H19N3O/c1-8-5-11(6-9(2)14(8)18-4)13-12(7-15)16-10(3)17-13/h5-6H,7,15H2,1-4H3,(H,16,17). The molecule has 1 aromatic carbocycles. The minimum absolute atomic E-state index is 0.459. The molecule has 0 radical (unpaired) electrons. The summed E-state index contributed by atoms with van der Waals surface area (Å²) in [6, 6.07) is 4.17. The molecule has 0 bridgehead atoms. The third kappa shape index (κ3) is 2.11. The lowest BCUT2D eigenvalue weighted by molar-refractivity contribution is 0.408. The van der Waals surface area contributed by atoms with Crippen LogP contribution in [-0.2, 0) is 6.54 Å². The van der Waals surface area contributed by atoms with Gasteiger partial charge in [0.05, 0.1) is 18.5 Å². The number of imidazole rings is 1. The lowest BCUT2D eigenvalue weighted by Crippen LogP contribution is -1.99. The zero-order valence-corrected chi connectivity index (χ0v) is 11.3. The number of aromatic nitrogens is 2. The topological polar surface area (TPSA) is 63.9 Å². The van der Waals surface area contributed by atoms with Gasteiger partial charge in [-0.3, -0.25) is 0 Å². The van der Waals surface area contributed by atoms with Gasteiger partial charge >= 0.3 is 0 Å². The van der Waals surface area contributed by atoms with Crippen LogP contribution >= 0.6 is 0 Å². The molecule has 18 heavy (non-hydrogen) atoms. The Labute approximate surface area is 107 Å². The Morgan fingerprint density at radius 2 is 1.83 bits per heavy atom. The number of rotatable bonds is 3. The van der Waals surface area contributed by atoms with Crippen molar-refractivity contribution in [2.75, 3.05) is 7.11 Å². The summed E-state index contributed by atoms with van der Waals surface area (Å²) in [4.78, 5) is 7.71. The highest BCUT2D eigenvalue weighted by atomic mass is 16.5. The van der Waals surface area contributed by atoms with Gasteiger partial charge in [0.2, 0.25) is 0 Å². The average Bonchev–Trinajstić information content (AvgIpc) is 2.70. The zero-order valence-electron chi connectivity index (χ0n) is 11.3. The maximum absolute atomic E-state index is 5.74. The first-order valence-electron chi connectivity index (χ1n) is 5.98. The number of methoxy groups -OCH3 is 1. The third-order valence-corrected chi connectivity index (χ3v) is 3.04. The molecule has 3 N–H and O–H groups in total. The average molecular weight is 245 g/mol. The number of nitrogens with zero attached hydrogens (tertiary/aromatic N) is 1. The summed E-state index contributed by atoms with van der Waals surface area (Å²) >= 11 is 0. The van der Waals surface area contributed by atoms with Crippen LogP contribution in [0.2, 0.25) is 0 Å². The van der Waals surface area contributed by atoms with E-state index in [1.165, 1.54) is 0 Å². The van der Waals surface area contributed by atoms with E-state index in [9.17, 15) is 0 Å². The molecule has 0 aliphatic heterocycles. The monoisotopic (exact) mass is 245 g/mol. The van der Waals surface area contributed by atoms with E-state index < -0.39 is 0 Å². The van der Waals surface area contributed by atoms with Crippen LogP contribution in [0, 0.1) is 20.8 Å². The first-order valence-corrected chi connectivity index (χ1v) is 5.98. The molecule has 4 heteroatoms. The molecule has 2 aromatic rings. The van der Waals surface area contributed by atoms with Crippen LogP contribution in [0.5, 0.6) is 5.75 Å². The smallest absolute Gasteiger partial charge is 0.124 e. The molecule has 1 heterocycles. The van der Waals surface area contributed by atoms with Crippen molar-refractivity contribution >= 4 is 0 Å². The molecule has 0 saturated heterocycles. The van der Waals surface area contributed by atoms with Crippen molar-refractivity contribution in [2.24, 2.45) is 5.73 Å². The van der Waals surface area contributed by atoms with Crippen LogP contribution in [0.3, 0.4) is 0 Å². The van der Waals surface area contributed by atoms with Gasteiger partial charge in [-0.2, -0.15) is 0 Å². The molecule has 0 aliphatic rings. The maximum Gasteiger partial charge on any atom is 0.124 e. The van der Waals surface area contributed by atoms with Crippen molar-refractivity contribution in [1.82, 2.24) is 9.97 Å². The third-order valence-electron chi connectivity index (χ3n) is 3.04. The first kappa shape index (κ1) is 12.6. The molecule has 4 nitrogen and oxygen atoms in total. The van der Waals surface area contributed by atoms with Gasteiger partial charge in [0.15, 0.2) is 0 Å². The van der Waals surface area contributed by atoms with Gasteiger partial charge in [-0.1, -0.05) is 0 Å². The Hall–Kier alpha value is -1.81. The fourth-order valence-electron chi connectivity index (χ4n) is 2.34. The lowest BCUT2D eigenvalue weighted by atomic mass is 10.0. The van der Waals surface area contributed by atoms with Crippen molar-refractivity contribution in [3.05, 3.63) is 34.8 Å². The SMILES string of the molecule is COc1c(C)cc(-c2nc(C)[nH]c2CN)cc1C. The fraction of sp³-hybridized carbons (Fsp3) is 0.357. The summed E-state index contributed by atoms with van der Waals surface area (Å²) < 4.78 is 5.38. The van der Waals surface area contributed by atoms with Crippen molar-refractivity contribution in [3.63, 3.8) is 0 Å². The van der Waals surface area contributed by atoms with Gasteiger partial charge in [-0.05, 0) is 44.0 Å². The lowest BCUT2D eigenvalue weighted by Gasteiger charge is -2.11. The Kier molecular flexibility index (Phi) is 3.39. The normalized spacial score (nSPS) is 10.7. The molecule has 0 spiro atoms. The van der Waals surface area contributed by atoms with E-state index in [1.54, 1.807) is 7.11 Å². The molecular formula is C14H19N3O. The quantitative estimate of drug-likeness (QED) is 0.873. The second-order valence-corrected chi connectivity index (χ2v) is 4.50. The second kappa shape index (κ2) is 4.82. The van der Waals surface area contributed by atoms with Gasteiger partial charge in [0.25, 0.3) is 0 Å². The van der Waals surface area contributed by atoms with E-state index >= 15 is 0 Å². The molecule has 0 amide bonds. The van der Waals surface area contributed by atoms with E-state index in [0.29, 0.717) is 6.54 Å². The largest absolute Gasteiger partial charge is 0.496 e. The first-order chi connectivity index (χ1) is 8.56. The number of nitrogens with two attached hydrogens (primary N) is 1. The number of nitrogens with one attached hydrogen (secondary N) is 1. The molecule has 0 atom stereocenters. The van der Waals surface area contributed by atoms with Gasteiger partial charge in [-0.25, -0.2) is 4.98 Å². The van der Waals surface area contributed by atoms with Crippen LogP contribution in [0.15, 0.2) is 12.1 Å². The van der Waals surface area contributed by atoms with Crippen LogP contribution in [0.25, 0.3) is 11.3 Å². The summed E-state index contributed by atoms with van der Waals surface area (Å²) in [7, 11) is 1.69. The molecule has 0 aliphatic carbocycles. The number of H-pyrrole nitrogens is 1. The number of hydrogen-bond donors (Lipinski definition) is 2. The molecule has 1 aromatic heterocycles. The van der Waals surface area contributed by atoms with E-state index in [2.05, 4.69) is 22.1 Å². The van der Waals surface area contributed by atoms with E-state index in [1.807, 2.05) is 20.8 Å². The molecule has 0 saturated carbocycles. The second-order valence-electron chi connectivity index (χ2n) is 4.50. The number of ether oxygens (including phenoxy) is 1. The molecule has 96 valence electrons. The summed E-state index contributed by atoms with van der Waals surface area (Å²) in [5.41, 5.74) is 10.9. The zero-order chi connectivity index (χ0) is 13.3. The van der Waals surface area contributed by atoms with Crippen molar-refractivity contribution < 1.29 is 4.74 Å². The van der Waals surface area contributed by atoms with E-state index in [0.717, 1.165) is 39.7 Å². The van der Waals surface area contributed by atoms with Crippen molar-refractivity contribution in [3.8, 4) is 17.0 Å². The minimum atomic E-state index is 0.459. The number of aryl methyl sites for hydroxylation is 3. The predicted octanol–water partition coefficient (Wildman–Crippen LogP) is 2.47. The highest BCUT2D eigenvalue weighted by molar-refractivity contribution is 5.66. The summed E-state index contributed by atoms with van der Waals surface area (Å²) in [6.07, 6.45) is 0. The van der Waals surface area contributed by atoms with Gasteiger partial charge < -0.3 is 15.5 Å². The Morgan fingerprint density at radius 1 is 1.22 bits per heavy atom. The predicted molar refractivity (Wildman–Crippen MR) is 72.7 cm³/mol. The molecule has 0 unspecified atom stereocenters. The number of aromatic amines is 1. The van der Waals surface area contributed by atoms with Crippen LogP contribution in [-0.4, -0.2) is 17.1 Å². The maximum atomic E-state index is 5.74. The molecule has 2 rings (SSSR count). The number of benzene rings is 1. The molecular weight excluding hydrogens is 226 g/mol. The van der Waals surface area contributed by atoms with Crippen molar-refractivity contribution in [2.45, 2.75) is 27.3 Å². The van der Waals surface area contributed by atoms with Gasteiger partial charge in [-0.15, -0.1) is 0 Å². The van der Waals surface area contributed by atoms with Crippen LogP contribution < -0.4 is 10.5 Å². The Balaban J connectivity index is 2.57. The molecule has 0 fully saturated rings. The highest BCUT2D eigenvalue weighted by Crippen LogP contribution is 2.30. The fourth-order valence-corrected chi connectivity index (χ4v) is 2.34. The summed E-state index contributed by atoms with van der Waals surface area (Å²) in [5.74, 6) is 1.82. The Morgan fingerprint density at radius 3 is 2.33 bits per heavy atom. The van der Waals surface area contributed by atoms with Gasteiger partial charge in [0.1, 0.15) is 11.6 Å². The van der Waals surface area contributed by atoms with E-state index in [4.69, 9.17) is 10.5 Å². The Bertz CT molecular complexity index is 549. The van der Waals surface area contributed by atoms with Crippen LogP contribution in [0.4, 0.5) is 0 Å². The minimum Gasteiger partial charge on any atom is -0.496 e. The summed E-state index contributed by atoms with van der Waals surface area (Å²) in [6.45, 7) is 6.47. The number of hydrogen-bond acceptors (Lipinski definition) is 3.